The van der Waals surface area contributed by atoms with Crippen molar-refractivity contribution in [2.45, 2.75) is 29.6 Å². The molecular weight excluding hydrogens is 1370 g/mol. The van der Waals surface area contributed by atoms with Gasteiger partial charge in [0.25, 0.3) is 19.1 Å². The SMILES string of the molecule is C.Nc1cc(Cl)cnc1I.O=S(=O)(Cl)c1ccc(Cl)c(C(F)(F)F)c1.O=S(=O)(Nc1cc(Cl)cnc1I)c1ccc(Cl)c(C(F)(F)F)c1.O=[N+]([O-])c1cc(Cl)cnc1I.[Fe]. The van der Waals surface area contributed by atoms with Crippen LogP contribution in [0, 0.1) is 21.2 Å². The summed E-state index contributed by atoms with van der Waals surface area (Å²) in [5, 5.41) is 10.1. The van der Waals surface area contributed by atoms with Crippen molar-refractivity contribution in [3.8, 4) is 0 Å². The molecule has 0 bridgehead atoms. The fraction of sp³-hybridized carbons (Fsp3) is 0.100. The number of sulfonamides is 1. The molecule has 0 spiro atoms. The number of hydrogen-bond donors (Lipinski definition) is 2. The topological polar surface area (TPSA) is 188 Å². The molecule has 0 aliphatic heterocycles. The Morgan fingerprint density at radius 1 is 0.667 bits per heavy atom. The molecule has 3 aromatic heterocycles. The van der Waals surface area contributed by atoms with Crippen molar-refractivity contribution in [2.24, 2.45) is 0 Å². The molecule has 3 N–H and O–H groups in total. The van der Waals surface area contributed by atoms with Gasteiger partial charge in [-0.05, 0) is 116 Å². The molecule has 2 aromatic carbocycles. The molecule has 3 heterocycles. The van der Waals surface area contributed by atoms with Gasteiger partial charge < -0.3 is 5.73 Å². The van der Waals surface area contributed by atoms with Crippen molar-refractivity contribution in [3.05, 3.63) is 131 Å². The second-order valence-electron chi connectivity index (χ2n) is 10.1. The zero-order valence-electron chi connectivity index (χ0n) is 27.6. The number of aromatic nitrogens is 3. The number of nitrogens with two attached hydrogens (primary N) is 1. The van der Waals surface area contributed by atoms with Gasteiger partial charge in [0.1, 0.15) is 7.40 Å². The molecule has 12 nitrogen and oxygen atoms in total. The number of hydrogen-bond acceptors (Lipinski definition) is 10. The van der Waals surface area contributed by atoms with Gasteiger partial charge >= 0.3 is 18.0 Å². The van der Waals surface area contributed by atoms with Crippen LogP contribution in [0.15, 0.2) is 83.0 Å². The van der Waals surface area contributed by atoms with Gasteiger partial charge in [-0.3, -0.25) is 14.8 Å². The van der Waals surface area contributed by atoms with Crippen LogP contribution in [0.2, 0.25) is 25.1 Å². The van der Waals surface area contributed by atoms with Crippen molar-refractivity contribution in [2.75, 3.05) is 10.5 Å². The van der Waals surface area contributed by atoms with E-state index >= 15 is 0 Å². The largest absolute Gasteiger partial charge is 0.417 e. The summed E-state index contributed by atoms with van der Waals surface area (Å²) >= 11 is 33.1. The van der Waals surface area contributed by atoms with E-state index in [2.05, 4.69) is 19.7 Å². The fourth-order valence-corrected chi connectivity index (χ4v) is 7.62. The van der Waals surface area contributed by atoms with Crippen LogP contribution in [-0.2, 0) is 48.5 Å². The number of nitrogens with one attached hydrogen (secondary N) is 1. The number of anilines is 2. The summed E-state index contributed by atoms with van der Waals surface area (Å²) in [7, 11) is -3.56. The molecule has 0 saturated heterocycles. The summed E-state index contributed by atoms with van der Waals surface area (Å²) in [6.07, 6.45) is -5.23. The number of nitro groups is 1. The van der Waals surface area contributed by atoms with E-state index in [1.165, 1.54) is 24.5 Å². The minimum absolute atomic E-state index is 0. The maximum absolute atomic E-state index is 12.8. The number of nitrogen functional groups attached to an aromatic ring is 1. The average Bonchev–Trinajstić information content (AvgIpc) is 3.08. The number of nitrogens with zero attached hydrogens (tertiary/aromatic N) is 4. The van der Waals surface area contributed by atoms with Crippen LogP contribution in [0.4, 0.5) is 43.4 Å². The Morgan fingerprint density at radius 2 is 1.07 bits per heavy atom. The van der Waals surface area contributed by atoms with Crippen LogP contribution in [0.5, 0.6) is 0 Å². The van der Waals surface area contributed by atoms with E-state index < -0.39 is 67.3 Å². The minimum atomic E-state index is -4.77. The maximum Gasteiger partial charge on any atom is 0.417 e. The summed E-state index contributed by atoms with van der Waals surface area (Å²) in [5.74, 6) is 0. The van der Waals surface area contributed by atoms with Crippen molar-refractivity contribution in [3.63, 3.8) is 0 Å². The number of alkyl halides is 6. The van der Waals surface area contributed by atoms with Crippen LogP contribution in [0.25, 0.3) is 0 Å². The monoisotopic (exact) mass is 1380 g/mol. The predicted octanol–water partition coefficient (Wildman–Crippen LogP) is 12.9. The van der Waals surface area contributed by atoms with E-state index in [9.17, 15) is 53.3 Å². The van der Waals surface area contributed by atoms with E-state index in [0.29, 0.717) is 30.2 Å². The Bertz CT molecular complexity index is 2540. The number of benzene rings is 2. The van der Waals surface area contributed by atoms with Crippen LogP contribution < -0.4 is 10.5 Å². The molecule has 0 radical (unpaired) electrons. The van der Waals surface area contributed by atoms with Crippen LogP contribution in [0.3, 0.4) is 0 Å². The van der Waals surface area contributed by atoms with Gasteiger partial charge in [0.15, 0.2) is 3.70 Å². The first-order valence-corrected chi connectivity index (χ1v) is 22.9. The molecule has 0 unspecified atom stereocenters. The van der Waals surface area contributed by atoms with Crippen LogP contribution in [-0.4, -0.2) is 36.7 Å². The Labute approximate surface area is 418 Å². The Kier molecular flexibility index (Phi) is 24.3. The molecule has 0 aliphatic carbocycles. The third-order valence-electron chi connectivity index (χ3n) is 5.95. The summed E-state index contributed by atoms with van der Waals surface area (Å²) in [5.41, 5.74) is 3.63. The Balaban J connectivity index is 0.000000816. The van der Waals surface area contributed by atoms with Gasteiger partial charge in [-0.15, -0.1) is 0 Å². The third kappa shape index (κ3) is 18.9. The van der Waals surface area contributed by atoms with Crippen molar-refractivity contribution in [1.29, 1.82) is 0 Å². The number of rotatable bonds is 5. The van der Waals surface area contributed by atoms with Gasteiger partial charge in [0.05, 0.1) is 62.3 Å². The van der Waals surface area contributed by atoms with Gasteiger partial charge in [0.2, 0.25) is 0 Å². The van der Waals surface area contributed by atoms with Gasteiger partial charge in [-0.2, -0.15) is 26.3 Å². The van der Waals surface area contributed by atoms with E-state index in [0.717, 1.165) is 28.0 Å². The van der Waals surface area contributed by atoms with Crippen molar-refractivity contribution < 1.29 is 65.2 Å². The summed E-state index contributed by atoms with van der Waals surface area (Å²) < 4.78 is 125. The van der Waals surface area contributed by atoms with E-state index in [4.69, 9.17) is 74.4 Å². The smallest absolute Gasteiger partial charge is 0.397 e. The maximum atomic E-state index is 12.8. The summed E-state index contributed by atoms with van der Waals surface area (Å²) in [4.78, 5) is 20.0. The normalized spacial score (nSPS) is 11.1. The van der Waals surface area contributed by atoms with Gasteiger partial charge in [0, 0.05) is 52.4 Å². The van der Waals surface area contributed by atoms with Gasteiger partial charge in [-0.1, -0.05) is 65.4 Å². The minimum Gasteiger partial charge on any atom is -0.397 e. The zero-order valence-corrected chi connectivity index (χ0v) is 41.3. The fourth-order valence-electron chi connectivity index (χ4n) is 3.44. The molecule has 0 aliphatic rings. The van der Waals surface area contributed by atoms with Crippen molar-refractivity contribution in [1.82, 2.24) is 15.0 Å². The van der Waals surface area contributed by atoms with E-state index in [-0.39, 0.29) is 45.9 Å². The molecule has 60 heavy (non-hydrogen) atoms. The summed E-state index contributed by atoms with van der Waals surface area (Å²) in [6, 6.07) is 8.70. The third-order valence-corrected chi connectivity index (χ3v) is 12.5. The average molecular weight is 1390 g/mol. The zero-order chi connectivity index (χ0) is 44.6. The molecular formula is C30H19Cl6F6FeI3N6O6S2. The first kappa shape index (κ1) is 58.8. The second-order valence-corrected chi connectivity index (χ2v) is 19.5. The number of pyridine rings is 3. The predicted molar refractivity (Wildman–Crippen MR) is 240 cm³/mol. The van der Waals surface area contributed by atoms with E-state index in [1.54, 1.807) is 57.4 Å². The molecule has 5 aromatic rings. The first-order valence-electron chi connectivity index (χ1n) is 14.0. The molecule has 330 valence electrons. The first-order chi connectivity index (χ1) is 26.4. The molecule has 30 heteroatoms. The van der Waals surface area contributed by atoms with Crippen LogP contribution in [0.1, 0.15) is 18.6 Å². The second kappa shape index (κ2) is 24.8. The molecule has 5 rings (SSSR count). The Hall–Kier alpha value is -1.18. The molecule has 0 fully saturated rings. The standard InChI is InChI=1S/C12H6Cl2F3IN2O2S.C7H3Cl2F3O2S.C5H2ClIN2O2.C5H4ClIN2.CH4.Fe/c13-6-3-10(11(18)19-5-6)20-23(21,22)7-1-2-9(14)8(4-7)12(15,16)17;8-6-2-1-4(15(9,13)14)3-5(6)7(10,11)12;6-3-1-4(9(10)11)5(7)8-2-3;6-3-1-4(8)5(7)9-2-3;;/h1-5,20H;1-3H;1-2H;1-2H,8H2;1H4;. The summed E-state index contributed by atoms with van der Waals surface area (Å²) in [6.45, 7) is 0. The quantitative estimate of drug-likeness (QED) is 0.0326. The van der Waals surface area contributed by atoms with Crippen molar-refractivity contribution >= 4 is 173 Å². The Morgan fingerprint density at radius 3 is 1.47 bits per heavy atom. The van der Waals surface area contributed by atoms with Crippen LogP contribution >= 0.6 is 136 Å². The molecule has 0 saturated carbocycles. The van der Waals surface area contributed by atoms with Gasteiger partial charge in [-0.25, -0.2) is 31.8 Å². The number of halogens is 15. The van der Waals surface area contributed by atoms with E-state index in [1.807, 2.05) is 22.6 Å². The molecule has 0 amide bonds. The molecule has 0 atom stereocenters.